The third-order valence-electron chi connectivity index (χ3n) is 8.45. The Balaban J connectivity index is 1.23. The molecule has 0 saturated carbocycles. The lowest BCUT2D eigenvalue weighted by molar-refractivity contribution is 1.29. The molecule has 8 aromatic carbocycles. The third-order valence-corrected chi connectivity index (χ3v) is 8.45. The molecule has 0 N–H and O–H groups in total. The van der Waals surface area contributed by atoms with Crippen LogP contribution in [0.3, 0.4) is 0 Å². The SMILES string of the molecule is c1ccc(-c2ccccc2-c2ccc(N(c3ccccc3)c3ccc4c(ccc5c6ccccc6ccc45)c3)cc2)cc1. The fourth-order valence-electron chi connectivity index (χ4n) is 6.37. The average Bonchev–Trinajstić information content (AvgIpc) is 3.09. The Hall–Kier alpha value is -5.66. The molecule has 8 aromatic rings. The maximum Gasteiger partial charge on any atom is 0.0468 e. The van der Waals surface area contributed by atoms with E-state index in [2.05, 4.69) is 181 Å². The van der Waals surface area contributed by atoms with Crippen LogP contribution in [0.2, 0.25) is 0 Å². The molecule has 0 spiro atoms. The zero-order valence-electron chi connectivity index (χ0n) is 23.7. The second-order valence-electron chi connectivity index (χ2n) is 11.0. The first-order chi connectivity index (χ1) is 21.3. The van der Waals surface area contributed by atoms with Crippen molar-refractivity contribution in [2.45, 2.75) is 0 Å². The number of hydrogen-bond donors (Lipinski definition) is 0. The van der Waals surface area contributed by atoms with Crippen molar-refractivity contribution >= 4 is 49.4 Å². The van der Waals surface area contributed by atoms with Gasteiger partial charge in [0.15, 0.2) is 0 Å². The van der Waals surface area contributed by atoms with Crippen LogP contribution in [0.25, 0.3) is 54.6 Å². The van der Waals surface area contributed by atoms with Crippen molar-refractivity contribution in [3.05, 3.63) is 176 Å². The average molecular weight is 548 g/mol. The highest BCUT2D eigenvalue weighted by Gasteiger charge is 2.15. The normalized spacial score (nSPS) is 11.3. The van der Waals surface area contributed by atoms with Crippen LogP contribution < -0.4 is 4.90 Å². The first kappa shape index (κ1) is 25.1. The van der Waals surface area contributed by atoms with Gasteiger partial charge in [0, 0.05) is 17.1 Å². The summed E-state index contributed by atoms with van der Waals surface area (Å²) in [7, 11) is 0. The zero-order chi connectivity index (χ0) is 28.6. The van der Waals surface area contributed by atoms with Crippen LogP contribution in [0, 0.1) is 0 Å². The number of para-hydroxylation sites is 1. The largest absolute Gasteiger partial charge is 0.310 e. The van der Waals surface area contributed by atoms with Crippen LogP contribution in [0.1, 0.15) is 0 Å². The van der Waals surface area contributed by atoms with Crippen molar-refractivity contribution in [3.8, 4) is 22.3 Å². The summed E-state index contributed by atoms with van der Waals surface area (Å²) in [5.74, 6) is 0. The summed E-state index contributed by atoms with van der Waals surface area (Å²) in [6, 6.07) is 63.4. The van der Waals surface area contributed by atoms with Gasteiger partial charge in [-0.1, -0.05) is 140 Å². The number of anilines is 3. The van der Waals surface area contributed by atoms with Crippen LogP contribution in [0.4, 0.5) is 17.1 Å². The smallest absolute Gasteiger partial charge is 0.0468 e. The summed E-state index contributed by atoms with van der Waals surface area (Å²) in [6.45, 7) is 0. The summed E-state index contributed by atoms with van der Waals surface area (Å²) in [4.78, 5) is 2.34. The van der Waals surface area contributed by atoms with Crippen molar-refractivity contribution in [1.29, 1.82) is 0 Å². The van der Waals surface area contributed by atoms with Crippen LogP contribution in [0.5, 0.6) is 0 Å². The highest BCUT2D eigenvalue weighted by atomic mass is 15.1. The lowest BCUT2D eigenvalue weighted by Crippen LogP contribution is -2.09. The van der Waals surface area contributed by atoms with Gasteiger partial charge in [-0.2, -0.15) is 0 Å². The minimum atomic E-state index is 1.12. The molecule has 0 atom stereocenters. The molecule has 0 aliphatic carbocycles. The minimum absolute atomic E-state index is 1.12. The molecule has 8 rings (SSSR count). The highest BCUT2D eigenvalue weighted by molar-refractivity contribution is 6.17. The molecule has 0 aliphatic heterocycles. The Bertz CT molecular complexity index is 2220. The molecular formula is C42H29N. The fourth-order valence-corrected chi connectivity index (χ4v) is 6.37. The minimum Gasteiger partial charge on any atom is -0.310 e. The molecule has 0 bridgehead atoms. The molecule has 0 radical (unpaired) electrons. The molecule has 0 aliphatic rings. The number of nitrogens with zero attached hydrogens (tertiary/aromatic N) is 1. The molecular weight excluding hydrogens is 518 g/mol. The second kappa shape index (κ2) is 10.6. The van der Waals surface area contributed by atoms with Gasteiger partial charge >= 0.3 is 0 Å². The lowest BCUT2D eigenvalue weighted by Gasteiger charge is -2.26. The van der Waals surface area contributed by atoms with Crippen LogP contribution in [0.15, 0.2) is 176 Å². The fraction of sp³-hybridized carbons (Fsp3) is 0. The van der Waals surface area contributed by atoms with Crippen molar-refractivity contribution in [1.82, 2.24) is 0 Å². The predicted octanol–water partition coefficient (Wildman–Crippen LogP) is 11.9. The topological polar surface area (TPSA) is 3.24 Å². The van der Waals surface area contributed by atoms with Crippen molar-refractivity contribution < 1.29 is 0 Å². The second-order valence-corrected chi connectivity index (χ2v) is 11.0. The van der Waals surface area contributed by atoms with E-state index in [1.807, 2.05) is 0 Å². The van der Waals surface area contributed by atoms with E-state index in [9.17, 15) is 0 Å². The molecule has 0 amide bonds. The van der Waals surface area contributed by atoms with Crippen molar-refractivity contribution in [2.24, 2.45) is 0 Å². The van der Waals surface area contributed by atoms with Crippen LogP contribution in [-0.2, 0) is 0 Å². The Morgan fingerprint density at radius 2 is 0.767 bits per heavy atom. The molecule has 0 heterocycles. The maximum atomic E-state index is 2.34. The molecule has 1 nitrogen and oxygen atoms in total. The van der Waals surface area contributed by atoms with Crippen LogP contribution in [-0.4, -0.2) is 0 Å². The van der Waals surface area contributed by atoms with E-state index in [0.717, 1.165) is 17.1 Å². The van der Waals surface area contributed by atoms with E-state index in [-0.39, 0.29) is 0 Å². The van der Waals surface area contributed by atoms with E-state index in [1.54, 1.807) is 0 Å². The van der Waals surface area contributed by atoms with Crippen molar-refractivity contribution in [3.63, 3.8) is 0 Å². The zero-order valence-corrected chi connectivity index (χ0v) is 23.7. The summed E-state index contributed by atoms with van der Waals surface area (Å²) >= 11 is 0. The van der Waals surface area contributed by atoms with Gasteiger partial charge in [-0.15, -0.1) is 0 Å². The quantitative estimate of drug-likeness (QED) is 0.194. The summed E-state index contributed by atoms with van der Waals surface area (Å²) in [6.07, 6.45) is 0. The van der Waals surface area contributed by atoms with Gasteiger partial charge in [0.1, 0.15) is 0 Å². The van der Waals surface area contributed by atoms with Gasteiger partial charge < -0.3 is 4.90 Å². The van der Waals surface area contributed by atoms with Gasteiger partial charge in [-0.3, -0.25) is 0 Å². The van der Waals surface area contributed by atoms with E-state index < -0.39 is 0 Å². The number of fused-ring (bicyclic) bond motifs is 5. The van der Waals surface area contributed by atoms with Gasteiger partial charge in [0.05, 0.1) is 0 Å². The Morgan fingerprint density at radius 1 is 0.279 bits per heavy atom. The lowest BCUT2D eigenvalue weighted by atomic mass is 9.94. The van der Waals surface area contributed by atoms with Gasteiger partial charge in [-0.25, -0.2) is 0 Å². The van der Waals surface area contributed by atoms with E-state index >= 15 is 0 Å². The predicted molar refractivity (Wildman–Crippen MR) is 185 cm³/mol. The van der Waals surface area contributed by atoms with Gasteiger partial charge in [0.25, 0.3) is 0 Å². The summed E-state index contributed by atoms with van der Waals surface area (Å²) in [5, 5.41) is 7.66. The van der Waals surface area contributed by atoms with Gasteiger partial charge in [0.2, 0.25) is 0 Å². The van der Waals surface area contributed by atoms with E-state index in [1.165, 1.54) is 54.6 Å². The van der Waals surface area contributed by atoms with E-state index in [4.69, 9.17) is 0 Å². The Morgan fingerprint density at radius 3 is 1.49 bits per heavy atom. The Labute approximate surface area is 251 Å². The van der Waals surface area contributed by atoms with E-state index in [0.29, 0.717) is 0 Å². The first-order valence-electron chi connectivity index (χ1n) is 14.8. The number of rotatable bonds is 5. The number of benzene rings is 8. The van der Waals surface area contributed by atoms with Gasteiger partial charge in [-0.05, 0) is 91.0 Å². The molecule has 202 valence electrons. The van der Waals surface area contributed by atoms with Crippen molar-refractivity contribution in [2.75, 3.05) is 4.90 Å². The van der Waals surface area contributed by atoms with Crippen LogP contribution >= 0.6 is 0 Å². The molecule has 1 heteroatoms. The monoisotopic (exact) mass is 547 g/mol. The maximum absolute atomic E-state index is 2.34. The standard InChI is InChI=1S/C42H29N/c1-3-11-30(12-4-1)37-16-9-10-17-38(37)32-19-23-35(24-20-32)43(34-14-5-2-6-15-34)36-25-28-40-33(29-36)22-27-41-39-18-8-7-13-31(39)21-26-42(40)41/h1-29H. The molecule has 0 saturated heterocycles. The summed E-state index contributed by atoms with van der Waals surface area (Å²) in [5.41, 5.74) is 8.29. The molecule has 0 unspecified atom stereocenters. The third kappa shape index (κ3) is 4.52. The first-order valence-corrected chi connectivity index (χ1v) is 14.8. The highest BCUT2D eigenvalue weighted by Crippen LogP contribution is 2.40. The number of hydrogen-bond acceptors (Lipinski definition) is 1. The Kier molecular flexibility index (Phi) is 6.20. The molecule has 43 heavy (non-hydrogen) atoms. The molecule has 0 fully saturated rings. The molecule has 0 aromatic heterocycles. The summed E-state index contributed by atoms with van der Waals surface area (Å²) < 4.78 is 0.